The fraction of sp³-hybridized carbons (Fsp3) is 0.118. The van der Waals surface area contributed by atoms with Crippen LogP contribution in [0.3, 0.4) is 0 Å². The number of hydrogen-bond acceptors (Lipinski definition) is 1. The molecule has 3 aromatic rings. The standard InChI is InChI=1S/C17H16N2O/c1-12(13-7-3-2-4-8-13)18-17(20)16-11-14-9-5-6-10-15(14)19-16/h2-12,19H,1H3,(H,18,20)/t12-/m0/s1. The Kier molecular flexibility index (Phi) is 3.25. The number of aromatic amines is 1. The molecule has 20 heavy (non-hydrogen) atoms. The van der Waals surface area contributed by atoms with Crippen LogP contribution in [-0.4, -0.2) is 10.9 Å². The van der Waals surface area contributed by atoms with Crippen molar-refractivity contribution in [1.29, 1.82) is 0 Å². The first kappa shape index (κ1) is 12.5. The second kappa shape index (κ2) is 5.21. The van der Waals surface area contributed by atoms with E-state index >= 15 is 0 Å². The van der Waals surface area contributed by atoms with Crippen molar-refractivity contribution >= 4 is 16.8 Å². The predicted molar refractivity (Wildman–Crippen MR) is 80.6 cm³/mol. The molecular weight excluding hydrogens is 248 g/mol. The molecule has 0 spiro atoms. The van der Waals surface area contributed by atoms with Gasteiger partial charge in [-0.2, -0.15) is 0 Å². The van der Waals surface area contributed by atoms with Gasteiger partial charge in [-0.1, -0.05) is 48.5 Å². The van der Waals surface area contributed by atoms with Crippen molar-refractivity contribution in [1.82, 2.24) is 10.3 Å². The van der Waals surface area contributed by atoms with Gasteiger partial charge in [-0.05, 0) is 24.6 Å². The number of hydrogen-bond donors (Lipinski definition) is 2. The first-order valence-electron chi connectivity index (χ1n) is 6.67. The number of fused-ring (bicyclic) bond motifs is 1. The zero-order valence-electron chi connectivity index (χ0n) is 11.3. The number of H-pyrrole nitrogens is 1. The average Bonchev–Trinajstić information content (AvgIpc) is 2.92. The van der Waals surface area contributed by atoms with Gasteiger partial charge in [0.1, 0.15) is 5.69 Å². The van der Waals surface area contributed by atoms with Crippen molar-refractivity contribution in [3.05, 3.63) is 71.9 Å². The van der Waals surface area contributed by atoms with Crippen LogP contribution in [0.25, 0.3) is 10.9 Å². The molecule has 2 aromatic carbocycles. The predicted octanol–water partition coefficient (Wildman–Crippen LogP) is 3.66. The summed E-state index contributed by atoms with van der Waals surface area (Å²) in [7, 11) is 0. The van der Waals surface area contributed by atoms with Gasteiger partial charge in [-0.3, -0.25) is 4.79 Å². The zero-order chi connectivity index (χ0) is 13.9. The molecule has 1 aromatic heterocycles. The lowest BCUT2D eigenvalue weighted by molar-refractivity contribution is 0.0935. The largest absolute Gasteiger partial charge is 0.351 e. The van der Waals surface area contributed by atoms with Crippen LogP contribution in [-0.2, 0) is 0 Å². The van der Waals surface area contributed by atoms with E-state index in [0.29, 0.717) is 5.69 Å². The van der Waals surface area contributed by atoms with Crippen LogP contribution in [0.1, 0.15) is 29.0 Å². The van der Waals surface area contributed by atoms with E-state index in [0.717, 1.165) is 16.5 Å². The molecule has 0 aliphatic rings. The highest BCUT2D eigenvalue weighted by molar-refractivity contribution is 5.98. The van der Waals surface area contributed by atoms with E-state index in [-0.39, 0.29) is 11.9 Å². The average molecular weight is 264 g/mol. The molecular formula is C17H16N2O. The van der Waals surface area contributed by atoms with Gasteiger partial charge in [0.2, 0.25) is 0 Å². The summed E-state index contributed by atoms with van der Waals surface area (Å²) < 4.78 is 0. The minimum atomic E-state index is -0.0856. The van der Waals surface area contributed by atoms with Crippen molar-refractivity contribution in [3.63, 3.8) is 0 Å². The molecule has 0 bridgehead atoms. The van der Waals surface area contributed by atoms with E-state index in [1.807, 2.05) is 67.6 Å². The van der Waals surface area contributed by atoms with E-state index in [2.05, 4.69) is 10.3 Å². The Morgan fingerprint density at radius 2 is 1.75 bits per heavy atom. The second-order valence-corrected chi connectivity index (χ2v) is 4.88. The SMILES string of the molecule is C[C@H](NC(=O)c1cc2ccccc2[nH]1)c1ccccc1. The Bertz CT molecular complexity index is 698. The van der Waals surface area contributed by atoms with Gasteiger partial charge >= 0.3 is 0 Å². The lowest BCUT2D eigenvalue weighted by Gasteiger charge is -2.13. The third kappa shape index (κ3) is 2.43. The maximum Gasteiger partial charge on any atom is 0.268 e. The molecule has 0 aliphatic carbocycles. The molecule has 0 saturated heterocycles. The molecule has 0 aliphatic heterocycles. The van der Waals surface area contributed by atoms with Crippen LogP contribution in [0, 0.1) is 0 Å². The third-order valence-corrected chi connectivity index (χ3v) is 3.42. The Balaban J connectivity index is 1.79. The van der Waals surface area contributed by atoms with Crippen molar-refractivity contribution in [2.75, 3.05) is 0 Å². The first-order valence-corrected chi connectivity index (χ1v) is 6.67. The lowest BCUT2D eigenvalue weighted by atomic mass is 10.1. The highest BCUT2D eigenvalue weighted by Gasteiger charge is 2.13. The molecule has 3 nitrogen and oxygen atoms in total. The van der Waals surface area contributed by atoms with Gasteiger partial charge in [0, 0.05) is 10.9 Å². The van der Waals surface area contributed by atoms with Crippen molar-refractivity contribution in [2.24, 2.45) is 0 Å². The number of carbonyl (C=O) groups excluding carboxylic acids is 1. The molecule has 3 heteroatoms. The maximum absolute atomic E-state index is 12.3. The molecule has 3 rings (SSSR count). The topological polar surface area (TPSA) is 44.9 Å². The summed E-state index contributed by atoms with van der Waals surface area (Å²) in [6.45, 7) is 1.98. The fourth-order valence-corrected chi connectivity index (χ4v) is 2.30. The lowest BCUT2D eigenvalue weighted by Crippen LogP contribution is -2.26. The van der Waals surface area contributed by atoms with Gasteiger partial charge in [-0.15, -0.1) is 0 Å². The molecule has 0 radical (unpaired) electrons. The number of benzene rings is 2. The van der Waals surface area contributed by atoms with Gasteiger partial charge in [0.15, 0.2) is 0 Å². The monoisotopic (exact) mass is 264 g/mol. The normalized spacial score (nSPS) is 12.2. The zero-order valence-corrected chi connectivity index (χ0v) is 11.3. The number of amides is 1. The molecule has 100 valence electrons. The van der Waals surface area contributed by atoms with E-state index < -0.39 is 0 Å². The van der Waals surface area contributed by atoms with E-state index in [1.165, 1.54) is 0 Å². The van der Waals surface area contributed by atoms with Crippen LogP contribution >= 0.6 is 0 Å². The van der Waals surface area contributed by atoms with Crippen molar-refractivity contribution in [2.45, 2.75) is 13.0 Å². The Hall–Kier alpha value is -2.55. The maximum atomic E-state index is 12.3. The number of carbonyl (C=O) groups is 1. The van der Waals surface area contributed by atoms with Gasteiger partial charge in [0.05, 0.1) is 6.04 Å². The second-order valence-electron chi connectivity index (χ2n) is 4.88. The number of aromatic nitrogens is 1. The molecule has 1 amide bonds. The van der Waals surface area contributed by atoms with E-state index in [9.17, 15) is 4.79 Å². The van der Waals surface area contributed by atoms with Crippen LogP contribution < -0.4 is 5.32 Å². The number of nitrogens with one attached hydrogen (secondary N) is 2. The Labute approximate surface area is 117 Å². The van der Waals surface area contributed by atoms with E-state index in [4.69, 9.17) is 0 Å². The Morgan fingerprint density at radius 1 is 1.05 bits per heavy atom. The quantitative estimate of drug-likeness (QED) is 0.745. The van der Waals surface area contributed by atoms with Gasteiger partial charge in [-0.25, -0.2) is 0 Å². The van der Waals surface area contributed by atoms with Crippen molar-refractivity contribution < 1.29 is 4.79 Å². The van der Waals surface area contributed by atoms with E-state index in [1.54, 1.807) is 0 Å². The van der Waals surface area contributed by atoms with Crippen LogP contribution in [0.15, 0.2) is 60.7 Å². The van der Waals surface area contributed by atoms with Crippen LogP contribution in [0.2, 0.25) is 0 Å². The third-order valence-electron chi connectivity index (χ3n) is 3.42. The smallest absolute Gasteiger partial charge is 0.268 e. The molecule has 1 heterocycles. The number of rotatable bonds is 3. The highest BCUT2D eigenvalue weighted by atomic mass is 16.1. The molecule has 2 N–H and O–H groups in total. The summed E-state index contributed by atoms with van der Waals surface area (Å²) in [5.41, 5.74) is 2.66. The van der Waals surface area contributed by atoms with Crippen molar-refractivity contribution in [3.8, 4) is 0 Å². The molecule has 0 saturated carbocycles. The molecule has 1 atom stereocenters. The summed E-state index contributed by atoms with van der Waals surface area (Å²) in [6.07, 6.45) is 0. The minimum absolute atomic E-state index is 0.0184. The highest BCUT2D eigenvalue weighted by Crippen LogP contribution is 2.16. The fourth-order valence-electron chi connectivity index (χ4n) is 2.30. The summed E-state index contributed by atoms with van der Waals surface area (Å²) in [5, 5.41) is 4.05. The molecule has 0 fully saturated rings. The molecule has 0 unspecified atom stereocenters. The van der Waals surface area contributed by atoms with Crippen LogP contribution in [0.4, 0.5) is 0 Å². The Morgan fingerprint density at radius 3 is 2.50 bits per heavy atom. The number of para-hydroxylation sites is 1. The van der Waals surface area contributed by atoms with Crippen LogP contribution in [0.5, 0.6) is 0 Å². The van der Waals surface area contributed by atoms with Gasteiger partial charge in [0.25, 0.3) is 5.91 Å². The summed E-state index contributed by atoms with van der Waals surface area (Å²) >= 11 is 0. The summed E-state index contributed by atoms with van der Waals surface area (Å²) in [6, 6.07) is 19.7. The van der Waals surface area contributed by atoms with Gasteiger partial charge < -0.3 is 10.3 Å². The summed E-state index contributed by atoms with van der Waals surface area (Å²) in [4.78, 5) is 15.4. The summed E-state index contributed by atoms with van der Waals surface area (Å²) in [5.74, 6) is -0.0856. The first-order chi connectivity index (χ1) is 9.74. The minimum Gasteiger partial charge on any atom is -0.351 e.